The number of allylic oxidation sites excluding steroid dienone is 12. The fraction of sp³-hybridized carbons (Fsp3) is 0.821. The number of hydrogen-bond donors (Lipinski definition) is 1. The number of unbranched alkanes of at least 4 members (excludes halogenated alkanes) is 44. The lowest BCUT2D eigenvalue weighted by molar-refractivity contribution is -0.870. The van der Waals surface area contributed by atoms with Crippen LogP contribution in [0.25, 0.3) is 0 Å². The van der Waals surface area contributed by atoms with Gasteiger partial charge in [-0.2, -0.15) is 0 Å². The molecule has 9 nitrogen and oxygen atoms in total. The van der Waals surface area contributed by atoms with Gasteiger partial charge in [0.15, 0.2) is 6.10 Å². The minimum absolute atomic E-state index is 0.0323. The van der Waals surface area contributed by atoms with Gasteiger partial charge in [-0.25, -0.2) is 4.57 Å². The largest absolute Gasteiger partial charge is 0.472 e. The van der Waals surface area contributed by atoms with Gasteiger partial charge in [-0.15, -0.1) is 0 Å². The van der Waals surface area contributed by atoms with Gasteiger partial charge in [-0.1, -0.05) is 337 Å². The van der Waals surface area contributed by atoms with Crippen LogP contribution in [-0.2, 0) is 32.7 Å². The second kappa shape index (κ2) is 68.8. The molecule has 10 heteroatoms. The zero-order chi connectivity index (χ0) is 64.1. The molecule has 2 unspecified atom stereocenters. The molecule has 0 amide bonds. The lowest BCUT2D eigenvalue weighted by Crippen LogP contribution is -2.37. The Morgan fingerprint density at radius 2 is 0.648 bits per heavy atom. The van der Waals surface area contributed by atoms with Crippen LogP contribution in [0.3, 0.4) is 0 Å². The van der Waals surface area contributed by atoms with Gasteiger partial charge in [0.25, 0.3) is 0 Å². The van der Waals surface area contributed by atoms with Crippen molar-refractivity contribution in [3.63, 3.8) is 0 Å². The normalized spacial score (nSPS) is 13.5. The molecule has 0 saturated carbocycles. The van der Waals surface area contributed by atoms with Crippen molar-refractivity contribution in [2.24, 2.45) is 0 Å². The maximum absolute atomic E-state index is 12.9. The second-order valence-electron chi connectivity index (χ2n) is 26.7. The van der Waals surface area contributed by atoms with Crippen molar-refractivity contribution in [2.75, 3.05) is 47.5 Å². The molecule has 0 fully saturated rings. The molecule has 1 N–H and O–H groups in total. The zero-order valence-corrected chi connectivity index (χ0v) is 59.6. The Morgan fingerprint density at radius 1 is 0.364 bits per heavy atom. The number of carbonyl (C=O) groups is 2. The van der Waals surface area contributed by atoms with Crippen LogP contribution in [-0.4, -0.2) is 74.9 Å². The molecule has 0 aliphatic heterocycles. The molecule has 0 aromatic heterocycles. The van der Waals surface area contributed by atoms with Crippen LogP contribution in [0.5, 0.6) is 0 Å². The molecule has 2 atom stereocenters. The Bertz CT molecular complexity index is 1710. The van der Waals surface area contributed by atoms with Crippen molar-refractivity contribution in [1.82, 2.24) is 0 Å². The number of phosphoric acid groups is 1. The standard InChI is InChI=1S/C78H144NO8P/c1-6-8-10-12-14-16-18-20-22-24-26-28-30-32-34-36-37-38-39-40-41-43-44-46-48-50-52-54-56-58-60-62-64-66-68-70-77(80)84-74-76(75-86-88(82,83)85-73-72-79(3,4)5)87-78(81)71-69-67-65-63-61-59-57-55-53-51-49-47-45-42-35-33-31-29-27-25-23-21-19-17-15-13-11-9-7-2/h9,11,15,17-18,20-21,23-24,26-27,29,76H,6-8,10,12-14,16,19,22,25,28,30-75H2,1-5H3/p+1/b11-9-,17-15-,20-18-,23-21-,26-24-,29-27-. The van der Waals surface area contributed by atoms with E-state index in [9.17, 15) is 19.0 Å². The van der Waals surface area contributed by atoms with E-state index in [1.165, 1.54) is 263 Å². The van der Waals surface area contributed by atoms with E-state index in [1.54, 1.807) is 0 Å². The summed E-state index contributed by atoms with van der Waals surface area (Å²) < 4.78 is 34.8. The molecule has 0 aromatic rings. The third kappa shape index (κ3) is 72.5. The van der Waals surface area contributed by atoms with Gasteiger partial charge in [0.1, 0.15) is 19.8 Å². The number of rotatable bonds is 70. The smallest absolute Gasteiger partial charge is 0.462 e. The molecular formula is C78H145NO8P+. The molecule has 0 rings (SSSR count). The molecule has 0 heterocycles. The van der Waals surface area contributed by atoms with Crippen molar-refractivity contribution in [1.29, 1.82) is 0 Å². The van der Waals surface area contributed by atoms with Gasteiger partial charge in [-0.3, -0.25) is 18.6 Å². The highest BCUT2D eigenvalue weighted by atomic mass is 31.2. The number of carbonyl (C=O) groups excluding carboxylic acids is 2. The van der Waals surface area contributed by atoms with Gasteiger partial charge in [0.05, 0.1) is 27.7 Å². The second-order valence-corrected chi connectivity index (χ2v) is 28.1. The molecular weight excluding hydrogens is 1110 g/mol. The molecule has 0 spiro atoms. The maximum atomic E-state index is 12.9. The highest BCUT2D eigenvalue weighted by molar-refractivity contribution is 7.47. The van der Waals surface area contributed by atoms with Crippen molar-refractivity contribution >= 4 is 19.8 Å². The lowest BCUT2D eigenvalue weighted by Gasteiger charge is -2.24. The Morgan fingerprint density at radius 3 is 0.966 bits per heavy atom. The van der Waals surface area contributed by atoms with Crippen molar-refractivity contribution in [2.45, 2.75) is 367 Å². The number of nitrogens with zero attached hydrogens (tertiary/aromatic N) is 1. The predicted molar refractivity (Wildman–Crippen MR) is 381 cm³/mol. The Hall–Kier alpha value is -2.55. The van der Waals surface area contributed by atoms with Crippen LogP contribution in [0.15, 0.2) is 72.9 Å². The zero-order valence-electron chi connectivity index (χ0n) is 58.7. The third-order valence-corrected chi connectivity index (χ3v) is 17.7. The first-order valence-corrected chi connectivity index (χ1v) is 39.2. The topological polar surface area (TPSA) is 108 Å². The summed E-state index contributed by atoms with van der Waals surface area (Å²) >= 11 is 0. The summed E-state index contributed by atoms with van der Waals surface area (Å²) in [6, 6.07) is 0. The first kappa shape index (κ1) is 85.5. The summed E-state index contributed by atoms with van der Waals surface area (Å²) in [6.07, 6.45) is 93.2. The first-order valence-electron chi connectivity index (χ1n) is 37.7. The van der Waals surface area contributed by atoms with Gasteiger partial charge in [0.2, 0.25) is 0 Å². The van der Waals surface area contributed by atoms with Crippen molar-refractivity contribution in [3.8, 4) is 0 Å². The Labute approximate surface area is 546 Å². The molecule has 0 radical (unpaired) electrons. The SMILES string of the molecule is CC/C=C\C/C=C\C/C=C\C/C=C\CCCCCCCCCCCCCCCCCCC(=O)OC(COC(=O)CCCCCCCCCCCCCCCCCCCCCCCCC/C=C\C/C=C\CCCCCCC)COP(=O)(O)OCC[N+](C)(C)C. The summed E-state index contributed by atoms with van der Waals surface area (Å²) in [5.41, 5.74) is 0. The van der Waals surface area contributed by atoms with Crippen LogP contribution >= 0.6 is 7.82 Å². The summed E-state index contributed by atoms with van der Waals surface area (Å²) in [5.74, 6) is -0.780. The van der Waals surface area contributed by atoms with E-state index in [0.29, 0.717) is 23.9 Å². The number of quaternary nitrogens is 1. The van der Waals surface area contributed by atoms with E-state index >= 15 is 0 Å². The quantitative estimate of drug-likeness (QED) is 0.0211. The number of hydrogen-bond acceptors (Lipinski definition) is 7. The maximum Gasteiger partial charge on any atom is 0.472 e. The average Bonchev–Trinajstić information content (AvgIpc) is 3.68. The van der Waals surface area contributed by atoms with E-state index in [0.717, 1.165) is 64.2 Å². The third-order valence-electron chi connectivity index (χ3n) is 16.7. The highest BCUT2D eigenvalue weighted by Crippen LogP contribution is 2.43. The van der Waals surface area contributed by atoms with Crippen LogP contribution in [0, 0.1) is 0 Å². The monoisotopic (exact) mass is 1260 g/mol. The van der Waals surface area contributed by atoms with Gasteiger partial charge in [-0.05, 0) is 83.5 Å². The van der Waals surface area contributed by atoms with Crippen LogP contribution in [0.4, 0.5) is 0 Å². The van der Waals surface area contributed by atoms with Crippen molar-refractivity contribution in [3.05, 3.63) is 72.9 Å². The van der Waals surface area contributed by atoms with E-state index in [2.05, 4.69) is 86.8 Å². The molecule has 0 bridgehead atoms. The van der Waals surface area contributed by atoms with E-state index in [1.807, 2.05) is 21.1 Å². The Balaban J connectivity index is 3.95. The minimum atomic E-state index is -4.39. The lowest BCUT2D eigenvalue weighted by atomic mass is 10.0. The number of likely N-dealkylation sites (N-methyl/N-ethyl adjacent to an activating group) is 1. The number of phosphoric ester groups is 1. The van der Waals surface area contributed by atoms with E-state index in [4.69, 9.17) is 18.5 Å². The Kier molecular flexibility index (Phi) is 66.8. The fourth-order valence-electron chi connectivity index (χ4n) is 11.0. The molecule has 514 valence electrons. The van der Waals surface area contributed by atoms with Gasteiger partial charge >= 0.3 is 19.8 Å². The molecule has 0 saturated heterocycles. The van der Waals surface area contributed by atoms with Gasteiger partial charge in [0, 0.05) is 12.8 Å². The number of esters is 2. The molecule has 88 heavy (non-hydrogen) atoms. The van der Waals surface area contributed by atoms with E-state index in [-0.39, 0.29) is 25.6 Å². The van der Waals surface area contributed by atoms with E-state index < -0.39 is 26.5 Å². The van der Waals surface area contributed by atoms with Gasteiger partial charge < -0.3 is 18.9 Å². The van der Waals surface area contributed by atoms with Crippen molar-refractivity contribution < 1.29 is 42.1 Å². The molecule has 0 aliphatic rings. The highest BCUT2D eigenvalue weighted by Gasteiger charge is 2.27. The summed E-state index contributed by atoms with van der Waals surface area (Å²) in [4.78, 5) is 35.9. The van der Waals surface area contributed by atoms with Crippen LogP contribution in [0.2, 0.25) is 0 Å². The fourth-order valence-corrected chi connectivity index (χ4v) is 11.7. The molecule has 0 aliphatic carbocycles. The number of ether oxygens (including phenoxy) is 2. The average molecular weight is 1260 g/mol. The minimum Gasteiger partial charge on any atom is -0.462 e. The van der Waals surface area contributed by atoms with Crippen LogP contribution in [0.1, 0.15) is 361 Å². The predicted octanol–water partition coefficient (Wildman–Crippen LogP) is 24.7. The summed E-state index contributed by atoms with van der Waals surface area (Å²) in [5, 5.41) is 0. The molecule has 0 aromatic carbocycles. The summed E-state index contributed by atoms with van der Waals surface area (Å²) in [6.45, 7) is 4.37. The first-order chi connectivity index (χ1) is 43.0. The van der Waals surface area contributed by atoms with Crippen LogP contribution < -0.4 is 0 Å². The summed E-state index contributed by atoms with van der Waals surface area (Å²) in [7, 11) is 1.49.